The predicted molar refractivity (Wildman–Crippen MR) is 108 cm³/mol. The van der Waals surface area contributed by atoms with Crippen LogP contribution < -0.4 is 10.1 Å². The Bertz CT molecular complexity index is 887. The van der Waals surface area contributed by atoms with E-state index in [1.807, 2.05) is 6.92 Å². The zero-order chi connectivity index (χ0) is 21.5. The molecule has 2 heterocycles. The first-order valence-corrected chi connectivity index (χ1v) is 9.98. The molecular formula is C22H25FN2O5. The van der Waals surface area contributed by atoms with Gasteiger partial charge in [-0.25, -0.2) is 14.2 Å². The fraction of sp³-hybridized carbons (Fsp3) is 0.409. The van der Waals surface area contributed by atoms with E-state index in [4.69, 9.17) is 14.6 Å². The van der Waals surface area contributed by atoms with Crippen molar-refractivity contribution in [2.45, 2.75) is 57.3 Å². The van der Waals surface area contributed by atoms with Gasteiger partial charge in [-0.05, 0) is 63.3 Å². The maximum atomic E-state index is 12.7. The minimum atomic E-state index is -1.13. The molecule has 7 nitrogen and oxygen atoms in total. The van der Waals surface area contributed by atoms with Gasteiger partial charge in [0.15, 0.2) is 0 Å². The molecule has 2 unspecified atom stereocenters. The van der Waals surface area contributed by atoms with Gasteiger partial charge in [0.05, 0.1) is 12.2 Å². The summed E-state index contributed by atoms with van der Waals surface area (Å²) in [5.41, 5.74) is 0.309. The molecule has 2 atom stereocenters. The van der Waals surface area contributed by atoms with Crippen LogP contribution in [-0.2, 0) is 9.53 Å². The quantitative estimate of drug-likeness (QED) is 0.763. The number of carbonyl (C=O) groups excluding carboxylic acids is 1. The number of aromatic nitrogens is 1. The molecule has 1 saturated heterocycles. The van der Waals surface area contributed by atoms with E-state index < -0.39 is 12.1 Å². The lowest BCUT2D eigenvalue weighted by atomic mass is 9.96. The molecule has 160 valence electrons. The van der Waals surface area contributed by atoms with Gasteiger partial charge in [-0.1, -0.05) is 6.07 Å². The molecule has 0 bridgehead atoms. The molecule has 2 aromatic rings. The number of rotatable bonds is 5. The number of benzene rings is 1. The van der Waals surface area contributed by atoms with E-state index in [0.717, 1.165) is 19.3 Å². The van der Waals surface area contributed by atoms with Gasteiger partial charge >= 0.3 is 5.97 Å². The van der Waals surface area contributed by atoms with E-state index in [0.29, 0.717) is 24.0 Å². The Kier molecular flexibility index (Phi) is 7.35. The first-order chi connectivity index (χ1) is 14.4. The number of aromatic carboxylic acids is 1. The van der Waals surface area contributed by atoms with Gasteiger partial charge in [-0.2, -0.15) is 0 Å². The molecule has 8 heteroatoms. The number of hydrogen-bond donors (Lipinski definition) is 2. The van der Waals surface area contributed by atoms with Gasteiger partial charge in [0.2, 0.25) is 0 Å². The second-order valence-electron chi connectivity index (χ2n) is 7.36. The number of halogens is 1. The topological polar surface area (TPSA) is 97.8 Å². The number of carbonyl (C=O) groups is 2. The molecule has 2 fully saturated rings. The molecule has 0 radical (unpaired) electrons. The second-order valence-corrected chi connectivity index (χ2v) is 7.36. The van der Waals surface area contributed by atoms with Crippen LogP contribution in [0.25, 0.3) is 0 Å². The van der Waals surface area contributed by atoms with Crippen molar-refractivity contribution in [1.29, 1.82) is 0 Å². The van der Waals surface area contributed by atoms with Gasteiger partial charge in [0, 0.05) is 18.0 Å². The third kappa shape index (κ3) is 6.25. The van der Waals surface area contributed by atoms with Crippen molar-refractivity contribution >= 4 is 17.6 Å². The van der Waals surface area contributed by atoms with Gasteiger partial charge in [0.25, 0.3) is 5.91 Å². The molecule has 4 rings (SSSR count). The van der Waals surface area contributed by atoms with Crippen LogP contribution in [0.3, 0.4) is 0 Å². The van der Waals surface area contributed by atoms with E-state index >= 15 is 0 Å². The molecule has 1 aliphatic carbocycles. The second kappa shape index (κ2) is 10.2. The lowest BCUT2D eigenvalue weighted by molar-refractivity contribution is -0.126. The number of anilines is 1. The van der Waals surface area contributed by atoms with E-state index in [-0.39, 0.29) is 23.5 Å². The smallest absolute Gasteiger partial charge is 0.354 e. The van der Waals surface area contributed by atoms with E-state index in [1.165, 1.54) is 30.8 Å². The largest absolute Gasteiger partial charge is 0.490 e. The molecule has 1 saturated carbocycles. The summed E-state index contributed by atoms with van der Waals surface area (Å²) in [5, 5.41) is 11.4. The lowest BCUT2D eigenvalue weighted by Crippen LogP contribution is -2.27. The van der Waals surface area contributed by atoms with Gasteiger partial charge in [-0.3, -0.25) is 4.79 Å². The highest BCUT2D eigenvalue weighted by atomic mass is 19.1. The number of nitrogens with one attached hydrogen (secondary N) is 1. The van der Waals surface area contributed by atoms with Crippen molar-refractivity contribution < 1.29 is 28.6 Å². The minimum Gasteiger partial charge on any atom is -0.490 e. The third-order valence-electron chi connectivity index (χ3n) is 4.92. The summed E-state index contributed by atoms with van der Waals surface area (Å²) in [6.45, 7) is 1.92. The number of amides is 1. The van der Waals surface area contributed by atoms with Crippen LogP contribution in [-0.4, -0.2) is 40.3 Å². The van der Waals surface area contributed by atoms with Crippen molar-refractivity contribution in [1.82, 2.24) is 4.98 Å². The van der Waals surface area contributed by atoms with E-state index in [9.17, 15) is 14.0 Å². The maximum absolute atomic E-state index is 12.7. The van der Waals surface area contributed by atoms with Crippen molar-refractivity contribution in [2.24, 2.45) is 0 Å². The van der Waals surface area contributed by atoms with Crippen LogP contribution in [0.1, 0.15) is 49.5 Å². The van der Waals surface area contributed by atoms with E-state index in [2.05, 4.69) is 10.3 Å². The van der Waals surface area contributed by atoms with Gasteiger partial charge < -0.3 is 19.9 Å². The molecule has 30 heavy (non-hydrogen) atoms. The zero-order valence-electron chi connectivity index (χ0n) is 16.7. The number of carboxylic acid groups (broad SMARTS) is 1. The summed E-state index contributed by atoms with van der Waals surface area (Å²) in [5.74, 6) is -0.953. The van der Waals surface area contributed by atoms with Gasteiger partial charge in [-0.15, -0.1) is 0 Å². The molecule has 1 amide bonds. The SMILES string of the molecule is CC1CCC(C(=O)Nc2ccnc(C(=O)O)c2)O1.Fc1cccc(OC2CCC2)c1. The molecular weight excluding hydrogens is 391 g/mol. The first-order valence-electron chi connectivity index (χ1n) is 9.98. The Morgan fingerprint density at radius 1 is 1.20 bits per heavy atom. The average Bonchev–Trinajstić information content (AvgIpc) is 3.12. The number of nitrogens with zero attached hydrogens (tertiary/aromatic N) is 1. The highest BCUT2D eigenvalue weighted by molar-refractivity contribution is 5.95. The van der Waals surface area contributed by atoms with Crippen LogP contribution in [0.2, 0.25) is 0 Å². The molecule has 2 N–H and O–H groups in total. The van der Waals surface area contributed by atoms with Crippen LogP contribution >= 0.6 is 0 Å². The van der Waals surface area contributed by atoms with Crippen molar-refractivity contribution in [3.8, 4) is 5.75 Å². The first kappa shape index (κ1) is 21.7. The van der Waals surface area contributed by atoms with E-state index in [1.54, 1.807) is 18.2 Å². The summed E-state index contributed by atoms with van der Waals surface area (Å²) >= 11 is 0. The number of pyridine rings is 1. The Morgan fingerprint density at radius 2 is 2.00 bits per heavy atom. The normalized spacial score (nSPS) is 20.5. The average molecular weight is 416 g/mol. The summed E-state index contributed by atoms with van der Waals surface area (Å²) in [6, 6.07) is 9.18. The molecule has 1 aromatic heterocycles. The standard InChI is InChI=1S/C12H14N2O4.C10H11FO/c1-7-2-3-10(18-7)11(15)14-8-4-5-13-9(6-8)12(16)17;11-8-3-1-6-10(7-8)12-9-4-2-5-9/h4-7,10H,2-3H2,1H3,(H,16,17)(H,13,14,15);1,3,6-7,9H,2,4-5H2. The fourth-order valence-electron chi connectivity index (χ4n) is 3.06. The van der Waals surface area contributed by atoms with Crippen LogP contribution in [0.5, 0.6) is 5.75 Å². The Morgan fingerprint density at radius 3 is 2.60 bits per heavy atom. The van der Waals surface area contributed by atoms with Gasteiger partial charge in [0.1, 0.15) is 23.4 Å². The van der Waals surface area contributed by atoms with Crippen LogP contribution in [0.4, 0.5) is 10.1 Å². The number of hydrogen-bond acceptors (Lipinski definition) is 5. The lowest BCUT2D eigenvalue weighted by Gasteiger charge is -2.26. The highest BCUT2D eigenvalue weighted by Crippen LogP contribution is 2.25. The summed E-state index contributed by atoms with van der Waals surface area (Å²) in [6.07, 6.45) is 6.30. The third-order valence-corrected chi connectivity index (χ3v) is 4.92. The van der Waals surface area contributed by atoms with Crippen LogP contribution in [0.15, 0.2) is 42.6 Å². The molecule has 1 aliphatic heterocycles. The van der Waals surface area contributed by atoms with Crippen LogP contribution in [0, 0.1) is 5.82 Å². The maximum Gasteiger partial charge on any atom is 0.354 e. The Balaban J connectivity index is 0.000000184. The summed E-state index contributed by atoms with van der Waals surface area (Å²) in [4.78, 5) is 26.2. The fourth-order valence-corrected chi connectivity index (χ4v) is 3.06. The summed E-state index contributed by atoms with van der Waals surface area (Å²) < 4.78 is 23.6. The Hall–Kier alpha value is -3.00. The van der Waals surface area contributed by atoms with Crippen molar-refractivity contribution in [2.75, 3.05) is 5.32 Å². The monoisotopic (exact) mass is 416 g/mol. The highest BCUT2D eigenvalue weighted by Gasteiger charge is 2.28. The summed E-state index contributed by atoms with van der Waals surface area (Å²) in [7, 11) is 0. The molecule has 0 spiro atoms. The number of carboxylic acids is 1. The van der Waals surface area contributed by atoms with Crippen molar-refractivity contribution in [3.63, 3.8) is 0 Å². The molecule has 2 aliphatic rings. The minimum absolute atomic E-state index is 0.0905. The zero-order valence-corrected chi connectivity index (χ0v) is 16.7. The predicted octanol–water partition coefficient (Wildman–Crippen LogP) is 4.04. The number of ether oxygens (including phenoxy) is 2. The molecule has 1 aromatic carbocycles. The van der Waals surface area contributed by atoms with Crippen molar-refractivity contribution in [3.05, 3.63) is 54.1 Å². The Labute approximate surface area is 174 Å².